The zero-order valence-electron chi connectivity index (χ0n) is 35.5. The molecule has 13 atom stereocenters. The van der Waals surface area contributed by atoms with E-state index in [9.17, 15) is 34.5 Å². The Morgan fingerprint density at radius 1 is 0.965 bits per heavy atom. The van der Waals surface area contributed by atoms with Gasteiger partial charge in [0.1, 0.15) is 17.9 Å². The van der Waals surface area contributed by atoms with E-state index in [1.54, 1.807) is 34.1 Å². The summed E-state index contributed by atoms with van der Waals surface area (Å²) in [6, 6.07) is -1.11. The highest BCUT2D eigenvalue weighted by Gasteiger charge is 2.55. The maximum absolute atomic E-state index is 14.3. The number of allylic oxidation sites excluding steroid dienone is 4. The third kappa shape index (κ3) is 11.7. The Labute approximate surface area is 340 Å². The SMILES string of the molecule is C=CC[C@@H]1/C=C(\C)CC(CC)CCC2OC(O)(C(=O)C(=O)N3CCCCC3C(=O)O[C@H](/C(C)=C/[C@@H]3CCC(O)[C@H](OC)CC3)[C@H](C)C(O)CC1=O)C(C)CC2OC. The number of fused-ring (bicyclic) bond motifs is 3. The molecule has 2 bridgehead atoms. The Balaban J connectivity index is 1.75. The quantitative estimate of drug-likeness (QED) is 0.123. The van der Waals surface area contributed by atoms with E-state index in [1.807, 2.05) is 26.0 Å². The average molecular weight is 802 g/mol. The number of esters is 1. The normalized spacial score (nSPS) is 39.9. The summed E-state index contributed by atoms with van der Waals surface area (Å²) in [5.74, 6) is -7.13. The molecule has 2 saturated heterocycles. The van der Waals surface area contributed by atoms with Crippen LogP contribution in [0.5, 0.6) is 0 Å². The number of carbonyl (C=O) groups excluding carboxylic acids is 4. The fourth-order valence-electron chi connectivity index (χ4n) is 9.50. The molecule has 322 valence electrons. The summed E-state index contributed by atoms with van der Waals surface area (Å²) in [5, 5.41) is 34.3. The number of cyclic esters (lactones) is 1. The first-order chi connectivity index (χ1) is 27.1. The number of piperidine rings is 1. The number of methoxy groups -OCH3 is 2. The van der Waals surface area contributed by atoms with Gasteiger partial charge in [0.2, 0.25) is 5.79 Å². The third-order valence-corrected chi connectivity index (χ3v) is 13.3. The third-order valence-electron chi connectivity index (χ3n) is 13.3. The topological polar surface area (TPSA) is 169 Å². The van der Waals surface area contributed by atoms with Crippen molar-refractivity contribution in [3.63, 3.8) is 0 Å². The molecule has 0 aromatic carbocycles. The Kier molecular flexibility index (Phi) is 17.7. The van der Waals surface area contributed by atoms with Crippen LogP contribution >= 0.6 is 0 Å². The Morgan fingerprint density at radius 3 is 2.33 bits per heavy atom. The van der Waals surface area contributed by atoms with Crippen LogP contribution < -0.4 is 0 Å². The predicted molar refractivity (Wildman–Crippen MR) is 216 cm³/mol. The summed E-state index contributed by atoms with van der Waals surface area (Å²) >= 11 is 0. The van der Waals surface area contributed by atoms with Crippen molar-refractivity contribution in [2.75, 3.05) is 20.8 Å². The second-order valence-electron chi connectivity index (χ2n) is 17.4. The van der Waals surface area contributed by atoms with Gasteiger partial charge in [0.05, 0.1) is 30.5 Å². The van der Waals surface area contributed by atoms with Gasteiger partial charge in [-0.15, -0.1) is 6.58 Å². The number of aliphatic hydroxyl groups excluding tert-OH is 2. The first-order valence-corrected chi connectivity index (χ1v) is 21.4. The lowest BCUT2D eigenvalue weighted by atomic mass is 9.82. The largest absolute Gasteiger partial charge is 0.456 e. The molecule has 57 heavy (non-hydrogen) atoms. The second kappa shape index (κ2) is 21.5. The van der Waals surface area contributed by atoms with Crippen LogP contribution in [0.4, 0.5) is 0 Å². The summed E-state index contributed by atoms with van der Waals surface area (Å²) in [4.78, 5) is 57.8. The van der Waals surface area contributed by atoms with Gasteiger partial charge in [-0.05, 0) is 108 Å². The molecule has 3 fully saturated rings. The molecule has 12 heteroatoms. The molecule has 0 spiro atoms. The van der Waals surface area contributed by atoms with Crippen LogP contribution in [0, 0.1) is 29.6 Å². The molecule has 3 N–H and O–H groups in total. The van der Waals surface area contributed by atoms with Gasteiger partial charge in [-0.1, -0.05) is 51.0 Å². The van der Waals surface area contributed by atoms with Crippen molar-refractivity contribution in [3.8, 4) is 0 Å². The van der Waals surface area contributed by atoms with Crippen LogP contribution in [0.3, 0.4) is 0 Å². The van der Waals surface area contributed by atoms with Crippen LogP contribution in [0.25, 0.3) is 0 Å². The fraction of sp³-hybridized carbons (Fsp3) is 0.778. The van der Waals surface area contributed by atoms with E-state index in [2.05, 4.69) is 13.5 Å². The molecule has 8 unspecified atom stereocenters. The highest BCUT2D eigenvalue weighted by molar-refractivity contribution is 6.39. The zero-order chi connectivity index (χ0) is 42.0. The van der Waals surface area contributed by atoms with Gasteiger partial charge in [0, 0.05) is 44.9 Å². The number of Topliss-reactive ketones (excluding diaryl/α,β-unsaturated/α-hetero) is 2. The highest BCUT2D eigenvalue weighted by Crippen LogP contribution is 2.39. The van der Waals surface area contributed by atoms with Gasteiger partial charge in [-0.25, -0.2) is 4.79 Å². The Morgan fingerprint density at radius 2 is 1.67 bits per heavy atom. The number of amides is 1. The second-order valence-corrected chi connectivity index (χ2v) is 17.4. The minimum absolute atomic E-state index is 0.0387. The maximum Gasteiger partial charge on any atom is 0.329 e. The first kappa shape index (κ1) is 46.9. The number of hydrogen-bond acceptors (Lipinski definition) is 11. The van der Waals surface area contributed by atoms with Gasteiger partial charge < -0.3 is 39.2 Å². The van der Waals surface area contributed by atoms with Gasteiger partial charge in [0.15, 0.2) is 0 Å². The molecule has 4 aliphatic rings. The van der Waals surface area contributed by atoms with E-state index in [4.69, 9.17) is 18.9 Å². The van der Waals surface area contributed by atoms with Crippen LogP contribution in [0.15, 0.2) is 36.0 Å². The van der Waals surface area contributed by atoms with Crippen molar-refractivity contribution in [1.82, 2.24) is 4.90 Å². The smallest absolute Gasteiger partial charge is 0.329 e. The number of nitrogens with zero attached hydrogens (tertiary/aromatic N) is 1. The Hall–Kier alpha value is -2.74. The summed E-state index contributed by atoms with van der Waals surface area (Å²) in [6.45, 7) is 13.4. The lowest BCUT2D eigenvalue weighted by molar-refractivity contribution is -0.287. The number of hydrogen-bond donors (Lipinski definition) is 3. The van der Waals surface area contributed by atoms with Crippen molar-refractivity contribution in [2.45, 2.75) is 173 Å². The maximum atomic E-state index is 14.3. The molecular formula is C45H71NO11. The summed E-state index contributed by atoms with van der Waals surface area (Å²) in [5.41, 5.74) is 1.71. The molecule has 3 heterocycles. The molecule has 4 rings (SSSR count). The number of rotatable bonds is 7. The van der Waals surface area contributed by atoms with Crippen molar-refractivity contribution in [1.29, 1.82) is 0 Å². The average Bonchev–Trinajstić information content (AvgIpc) is 3.37. The van der Waals surface area contributed by atoms with Gasteiger partial charge in [0.25, 0.3) is 11.7 Å². The van der Waals surface area contributed by atoms with E-state index < -0.39 is 77.8 Å². The van der Waals surface area contributed by atoms with Crippen LogP contribution in [0.2, 0.25) is 0 Å². The minimum Gasteiger partial charge on any atom is -0.456 e. The molecule has 12 nitrogen and oxygen atoms in total. The van der Waals surface area contributed by atoms with Crippen molar-refractivity contribution < 1.29 is 53.4 Å². The molecule has 1 aliphatic carbocycles. The molecule has 0 aromatic heterocycles. The molecule has 3 aliphatic heterocycles. The van der Waals surface area contributed by atoms with E-state index in [0.29, 0.717) is 69.8 Å². The van der Waals surface area contributed by atoms with E-state index in [0.717, 1.165) is 18.4 Å². The van der Waals surface area contributed by atoms with Gasteiger partial charge in [-0.2, -0.15) is 0 Å². The van der Waals surface area contributed by atoms with Gasteiger partial charge in [-0.3, -0.25) is 14.4 Å². The molecular weight excluding hydrogens is 730 g/mol. The number of ether oxygens (including phenoxy) is 4. The van der Waals surface area contributed by atoms with Crippen LogP contribution in [-0.4, -0.2) is 113 Å². The summed E-state index contributed by atoms with van der Waals surface area (Å²) < 4.78 is 23.8. The molecule has 0 aromatic rings. The van der Waals surface area contributed by atoms with E-state index >= 15 is 0 Å². The molecule has 0 radical (unpaired) electrons. The summed E-state index contributed by atoms with van der Waals surface area (Å²) in [6.07, 6.45) is 8.92. The monoisotopic (exact) mass is 802 g/mol. The predicted octanol–water partition coefficient (Wildman–Crippen LogP) is 5.79. The summed E-state index contributed by atoms with van der Waals surface area (Å²) in [7, 11) is 3.16. The van der Waals surface area contributed by atoms with E-state index in [-0.39, 0.29) is 43.1 Å². The van der Waals surface area contributed by atoms with Gasteiger partial charge >= 0.3 is 5.97 Å². The first-order valence-electron chi connectivity index (χ1n) is 21.4. The Bertz CT molecular complexity index is 1460. The lowest BCUT2D eigenvalue weighted by Crippen LogP contribution is -2.62. The van der Waals surface area contributed by atoms with Crippen molar-refractivity contribution >= 4 is 23.4 Å². The standard InChI is InChI=1S/C45H71NO11/c1-9-13-33-23-27(3)22-31(10-2)16-20-39-40(55-8)25-29(5)45(53,57-39)42(50)43(51)46-21-12-11-14-34(46)44(52)56-41(30(6)36(48)26-37(33)49)28(4)24-32-15-18-35(47)38(54-7)19-17-32/h9,23-24,29-36,38-41,47-48,53H,1,10-22,25-26H2,2-8H3/b27-23+,28-24+/t29?,30-,31?,32-,33-,34?,35?,36?,38-,39?,40?,41-,45?/m1/s1. The number of ketones is 2. The van der Waals surface area contributed by atoms with Crippen molar-refractivity contribution in [3.05, 3.63) is 36.0 Å². The fourth-order valence-corrected chi connectivity index (χ4v) is 9.50. The zero-order valence-corrected chi connectivity index (χ0v) is 35.5. The highest BCUT2D eigenvalue weighted by atomic mass is 16.7. The number of carbonyl (C=O) groups is 4. The molecule has 1 amide bonds. The van der Waals surface area contributed by atoms with E-state index in [1.165, 1.54) is 4.90 Å². The van der Waals surface area contributed by atoms with Crippen LogP contribution in [-0.2, 0) is 38.1 Å². The minimum atomic E-state index is -2.41. The van der Waals surface area contributed by atoms with Crippen LogP contribution in [0.1, 0.15) is 125 Å². The molecule has 1 saturated carbocycles. The lowest BCUT2D eigenvalue weighted by Gasteiger charge is -2.45. The number of aliphatic hydroxyl groups is 3. The van der Waals surface area contributed by atoms with Crippen molar-refractivity contribution in [2.24, 2.45) is 29.6 Å².